The summed E-state index contributed by atoms with van der Waals surface area (Å²) in [5.74, 6) is -0.417. The number of rotatable bonds is 2. The third kappa shape index (κ3) is 4.77. The summed E-state index contributed by atoms with van der Waals surface area (Å²) in [7, 11) is 3.41. The Kier molecular flexibility index (Phi) is 6.50. The summed E-state index contributed by atoms with van der Waals surface area (Å²) < 4.78 is 40.3. The number of benzene rings is 1. The highest BCUT2D eigenvalue weighted by Gasteiger charge is 2.37. The molecule has 1 saturated heterocycles. The van der Waals surface area contributed by atoms with Gasteiger partial charge in [-0.25, -0.2) is 4.79 Å². The van der Waals surface area contributed by atoms with Crippen molar-refractivity contribution in [2.75, 3.05) is 46.8 Å². The molecule has 0 aliphatic carbocycles. The zero-order valence-corrected chi connectivity index (χ0v) is 19.0. The van der Waals surface area contributed by atoms with Gasteiger partial charge in [0.25, 0.3) is 5.91 Å². The van der Waals surface area contributed by atoms with Crippen LogP contribution in [0.15, 0.2) is 40.4 Å². The molecular formula is C24H29F3N4O2. The first-order valence-electron chi connectivity index (χ1n) is 11.3. The topological polar surface area (TPSA) is 56.2 Å². The molecule has 3 aliphatic rings. The third-order valence-electron chi connectivity index (χ3n) is 6.74. The predicted octanol–water partition coefficient (Wildman–Crippen LogP) is 3.94. The van der Waals surface area contributed by atoms with Crippen molar-refractivity contribution in [1.82, 2.24) is 14.7 Å². The fraction of sp³-hybridized carbons (Fsp3) is 0.542. The number of aliphatic imine (C=N–C) groups is 1. The Balaban J connectivity index is 1.44. The molecule has 9 heteroatoms. The van der Waals surface area contributed by atoms with Crippen LogP contribution in [0, 0.1) is 0 Å². The van der Waals surface area contributed by atoms with E-state index in [0.29, 0.717) is 56.8 Å². The van der Waals surface area contributed by atoms with Crippen LogP contribution in [0.5, 0.6) is 0 Å². The summed E-state index contributed by atoms with van der Waals surface area (Å²) in [6.45, 7) is 2.26. The number of nitrogens with zero attached hydrogens (tertiary/aromatic N) is 4. The second kappa shape index (κ2) is 9.19. The molecule has 3 amide bonds. The van der Waals surface area contributed by atoms with Crippen LogP contribution < -0.4 is 0 Å². The molecule has 0 aromatic heterocycles. The van der Waals surface area contributed by atoms with Crippen LogP contribution in [0.2, 0.25) is 0 Å². The van der Waals surface area contributed by atoms with Crippen LogP contribution in [-0.2, 0) is 11.0 Å². The number of hydrogen-bond donors (Lipinski definition) is 0. The summed E-state index contributed by atoms with van der Waals surface area (Å²) in [5, 5.41) is 0. The zero-order chi connectivity index (χ0) is 23.8. The minimum Gasteiger partial charge on any atom is -0.337 e. The van der Waals surface area contributed by atoms with E-state index in [2.05, 4.69) is 4.99 Å². The predicted molar refractivity (Wildman–Crippen MR) is 119 cm³/mol. The van der Waals surface area contributed by atoms with E-state index in [1.807, 2.05) is 0 Å². The van der Waals surface area contributed by atoms with E-state index < -0.39 is 11.7 Å². The fourth-order valence-electron chi connectivity index (χ4n) is 5.00. The Bertz CT molecular complexity index is 992. The van der Waals surface area contributed by atoms with Crippen LogP contribution >= 0.6 is 0 Å². The number of alkyl halides is 3. The minimum absolute atomic E-state index is 0.0911. The Labute approximate surface area is 191 Å². The molecule has 6 nitrogen and oxygen atoms in total. The highest BCUT2D eigenvalue weighted by molar-refractivity contribution is 6.46. The van der Waals surface area contributed by atoms with E-state index in [9.17, 15) is 22.8 Å². The number of carbonyl (C=O) groups is 2. The first-order valence-corrected chi connectivity index (χ1v) is 11.3. The number of halogens is 3. The number of carbonyl (C=O) groups excluding carboxylic acids is 2. The van der Waals surface area contributed by atoms with Gasteiger partial charge in [0.15, 0.2) is 0 Å². The van der Waals surface area contributed by atoms with E-state index in [0.717, 1.165) is 30.1 Å². The van der Waals surface area contributed by atoms with Gasteiger partial charge >= 0.3 is 12.2 Å². The highest BCUT2D eigenvalue weighted by Crippen LogP contribution is 2.39. The Morgan fingerprint density at radius 3 is 2.42 bits per heavy atom. The van der Waals surface area contributed by atoms with Gasteiger partial charge in [0.05, 0.1) is 12.1 Å². The Morgan fingerprint density at radius 1 is 1.06 bits per heavy atom. The molecular weight excluding hydrogens is 433 g/mol. The zero-order valence-electron chi connectivity index (χ0n) is 19.0. The largest absolute Gasteiger partial charge is 0.416 e. The molecule has 4 rings (SSSR count). The number of piperidine rings is 1. The molecule has 0 atom stereocenters. The van der Waals surface area contributed by atoms with Gasteiger partial charge in [-0.2, -0.15) is 13.2 Å². The Morgan fingerprint density at radius 2 is 1.76 bits per heavy atom. The van der Waals surface area contributed by atoms with E-state index in [1.54, 1.807) is 36.0 Å². The molecule has 0 bridgehead atoms. The molecule has 1 aromatic rings. The van der Waals surface area contributed by atoms with Crippen molar-refractivity contribution in [1.29, 1.82) is 0 Å². The highest BCUT2D eigenvalue weighted by atomic mass is 19.4. The van der Waals surface area contributed by atoms with Crippen molar-refractivity contribution in [2.45, 2.75) is 37.8 Å². The van der Waals surface area contributed by atoms with Gasteiger partial charge in [-0.3, -0.25) is 9.79 Å². The van der Waals surface area contributed by atoms with Crippen molar-refractivity contribution in [3.63, 3.8) is 0 Å². The van der Waals surface area contributed by atoms with E-state index in [4.69, 9.17) is 0 Å². The molecule has 0 N–H and O–H groups in total. The second-order valence-corrected chi connectivity index (χ2v) is 9.10. The summed E-state index contributed by atoms with van der Waals surface area (Å²) in [5.41, 5.74) is 2.09. The van der Waals surface area contributed by atoms with Gasteiger partial charge in [-0.15, -0.1) is 0 Å². The van der Waals surface area contributed by atoms with Crippen LogP contribution in [0.3, 0.4) is 0 Å². The van der Waals surface area contributed by atoms with Gasteiger partial charge in [0.2, 0.25) is 0 Å². The van der Waals surface area contributed by atoms with Gasteiger partial charge in [-0.05, 0) is 48.8 Å². The third-order valence-corrected chi connectivity index (χ3v) is 6.74. The number of amides is 3. The lowest BCUT2D eigenvalue weighted by Gasteiger charge is -2.33. The standard InChI is InChI=1S/C24H29F3N4O2/c1-29(2)23(33)31-11-5-6-17-14-28-21(19(17)15-31)22(32)30-12-9-16(10-13-30)18-7-3-4-8-20(18)24(25,26)27/h3-4,7-8,16H,5-6,9-15H2,1-2H3. The monoisotopic (exact) mass is 462 g/mol. The lowest BCUT2D eigenvalue weighted by Crippen LogP contribution is -2.44. The summed E-state index contributed by atoms with van der Waals surface area (Å²) >= 11 is 0. The van der Waals surface area contributed by atoms with Gasteiger partial charge in [-0.1, -0.05) is 18.2 Å². The van der Waals surface area contributed by atoms with Gasteiger partial charge < -0.3 is 14.7 Å². The number of urea groups is 1. The van der Waals surface area contributed by atoms with Crippen molar-refractivity contribution in [2.24, 2.45) is 4.99 Å². The van der Waals surface area contributed by atoms with Crippen LogP contribution in [0.4, 0.5) is 18.0 Å². The van der Waals surface area contributed by atoms with Crippen molar-refractivity contribution in [3.05, 3.63) is 46.5 Å². The molecule has 178 valence electrons. The first kappa shape index (κ1) is 23.3. The van der Waals surface area contributed by atoms with Crippen molar-refractivity contribution >= 4 is 17.6 Å². The lowest BCUT2D eigenvalue weighted by atomic mass is 9.86. The smallest absolute Gasteiger partial charge is 0.337 e. The molecule has 0 saturated carbocycles. The number of likely N-dealkylation sites (tertiary alicyclic amines) is 1. The van der Waals surface area contributed by atoms with E-state index in [-0.39, 0.29) is 17.9 Å². The maximum absolute atomic E-state index is 13.4. The molecule has 1 aromatic carbocycles. The molecule has 0 radical (unpaired) electrons. The van der Waals surface area contributed by atoms with E-state index in [1.165, 1.54) is 11.0 Å². The molecule has 0 spiro atoms. The molecule has 3 heterocycles. The van der Waals surface area contributed by atoms with Crippen molar-refractivity contribution < 1.29 is 22.8 Å². The average molecular weight is 463 g/mol. The van der Waals surface area contributed by atoms with Gasteiger partial charge in [0.1, 0.15) is 5.71 Å². The maximum Gasteiger partial charge on any atom is 0.416 e. The van der Waals surface area contributed by atoms with Crippen molar-refractivity contribution in [3.8, 4) is 0 Å². The lowest BCUT2D eigenvalue weighted by molar-refractivity contribution is -0.138. The van der Waals surface area contributed by atoms with Crippen LogP contribution in [0.25, 0.3) is 0 Å². The number of hydrogen-bond acceptors (Lipinski definition) is 3. The molecule has 3 aliphatic heterocycles. The fourth-order valence-corrected chi connectivity index (χ4v) is 5.00. The Hall–Kier alpha value is -2.84. The molecule has 1 fully saturated rings. The minimum atomic E-state index is -4.39. The second-order valence-electron chi connectivity index (χ2n) is 9.10. The summed E-state index contributed by atoms with van der Waals surface area (Å²) in [6.07, 6.45) is -1.80. The van der Waals surface area contributed by atoms with Gasteiger partial charge in [0, 0.05) is 45.8 Å². The quantitative estimate of drug-likeness (QED) is 0.669. The summed E-state index contributed by atoms with van der Waals surface area (Å²) in [6, 6.07) is 5.62. The maximum atomic E-state index is 13.4. The molecule has 0 unspecified atom stereocenters. The van der Waals surface area contributed by atoms with Crippen LogP contribution in [0.1, 0.15) is 42.7 Å². The average Bonchev–Trinajstić information content (AvgIpc) is 3.07. The first-order chi connectivity index (χ1) is 15.7. The summed E-state index contributed by atoms with van der Waals surface area (Å²) in [4.78, 5) is 35.3. The molecule has 33 heavy (non-hydrogen) atoms. The normalized spacial score (nSPS) is 19.8. The SMILES string of the molecule is CN(C)C(=O)N1CCCC2=C(C1)C(C(=O)N1CCC(c3ccccc3C(F)(F)F)CC1)=NC2. The van der Waals surface area contributed by atoms with E-state index >= 15 is 0 Å². The van der Waals surface area contributed by atoms with Crippen LogP contribution in [-0.4, -0.2) is 79.2 Å².